The summed E-state index contributed by atoms with van der Waals surface area (Å²) < 4.78 is 16.2. The van der Waals surface area contributed by atoms with E-state index in [2.05, 4.69) is 4.74 Å². The molecule has 0 saturated carbocycles. The van der Waals surface area contributed by atoms with Gasteiger partial charge in [-0.15, -0.1) is 12.4 Å². The van der Waals surface area contributed by atoms with Crippen molar-refractivity contribution >= 4 is 18.4 Å². The van der Waals surface area contributed by atoms with Gasteiger partial charge in [-0.05, 0) is 60.5 Å². The fourth-order valence-electron chi connectivity index (χ4n) is 2.52. The third-order valence-electron chi connectivity index (χ3n) is 3.92. The minimum absolute atomic E-state index is 0. The molecule has 5 nitrogen and oxygen atoms in total. The molecule has 0 aliphatic carbocycles. The van der Waals surface area contributed by atoms with Gasteiger partial charge in [0.2, 0.25) is 0 Å². The van der Waals surface area contributed by atoms with Crippen LogP contribution in [0.15, 0.2) is 78.9 Å². The van der Waals surface area contributed by atoms with Gasteiger partial charge < -0.3 is 19.9 Å². The number of hydrogen-bond acceptors (Lipinski definition) is 5. The summed E-state index contributed by atoms with van der Waals surface area (Å²) in [5.74, 6) is 2.50. The molecule has 6 heteroatoms. The second-order valence-electron chi connectivity index (χ2n) is 5.97. The largest absolute Gasteiger partial charge is 0.468 e. The van der Waals surface area contributed by atoms with E-state index in [9.17, 15) is 4.79 Å². The molecule has 0 spiro atoms. The second kappa shape index (κ2) is 10.3. The number of esters is 1. The maximum atomic E-state index is 11.4. The number of hydrogen-bond donors (Lipinski definition) is 1. The Hall–Kier alpha value is -3.02. The van der Waals surface area contributed by atoms with Gasteiger partial charge in [0.1, 0.15) is 29.0 Å². The Kier molecular flexibility index (Phi) is 7.87. The number of para-hydroxylation sites is 1. The first-order chi connectivity index (χ1) is 13.1. The molecule has 28 heavy (non-hydrogen) atoms. The van der Waals surface area contributed by atoms with Gasteiger partial charge >= 0.3 is 5.97 Å². The molecule has 146 valence electrons. The van der Waals surface area contributed by atoms with Crippen LogP contribution in [0.4, 0.5) is 0 Å². The molecule has 1 unspecified atom stereocenters. The predicted octanol–water partition coefficient (Wildman–Crippen LogP) is 4.74. The molecule has 0 aromatic heterocycles. The quantitative estimate of drug-likeness (QED) is 0.581. The number of carbonyl (C=O) groups is 1. The average molecular weight is 400 g/mol. The zero-order valence-electron chi connectivity index (χ0n) is 15.4. The topological polar surface area (TPSA) is 70.8 Å². The normalized spacial score (nSPS) is 11.1. The Balaban J connectivity index is 0.00000280. The molecule has 0 aliphatic heterocycles. The summed E-state index contributed by atoms with van der Waals surface area (Å²) in [6.07, 6.45) is 0.415. The maximum absolute atomic E-state index is 11.4. The fourth-order valence-corrected chi connectivity index (χ4v) is 2.52. The molecule has 0 heterocycles. The number of rotatable bonds is 7. The van der Waals surface area contributed by atoms with Crippen molar-refractivity contribution in [3.63, 3.8) is 0 Å². The van der Waals surface area contributed by atoms with E-state index in [4.69, 9.17) is 15.2 Å². The first kappa shape index (κ1) is 21.3. The van der Waals surface area contributed by atoms with Crippen molar-refractivity contribution in [3.8, 4) is 23.0 Å². The molecule has 0 amide bonds. The molecule has 0 aliphatic rings. The Bertz CT molecular complexity index is 867. The first-order valence-corrected chi connectivity index (χ1v) is 8.57. The van der Waals surface area contributed by atoms with Gasteiger partial charge in [0.15, 0.2) is 0 Å². The van der Waals surface area contributed by atoms with Crippen molar-refractivity contribution in [2.24, 2.45) is 5.73 Å². The van der Waals surface area contributed by atoms with Crippen molar-refractivity contribution in [2.45, 2.75) is 12.5 Å². The highest BCUT2D eigenvalue weighted by Crippen LogP contribution is 2.26. The van der Waals surface area contributed by atoms with Crippen molar-refractivity contribution in [1.29, 1.82) is 0 Å². The smallest absolute Gasteiger partial charge is 0.322 e. The van der Waals surface area contributed by atoms with Crippen molar-refractivity contribution in [3.05, 3.63) is 84.4 Å². The number of halogens is 1. The maximum Gasteiger partial charge on any atom is 0.322 e. The monoisotopic (exact) mass is 399 g/mol. The Morgan fingerprint density at radius 1 is 0.786 bits per heavy atom. The summed E-state index contributed by atoms with van der Waals surface area (Å²) in [7, 11) is 1.33. The SMILES string of the molecule is COC(=O)C(N)Cc1ccc(Oc2ccc(Oc3ccccc3)cc2)cc1.Cl. The van der Waals surface area contributed by atoms with Gasteiger partial charge in [0, 0.05) is 0 Å². The molecule has 2 N–H and O–H groups in total. The van der Waals surface area contributed by atoms with Crippen molar-refractivity contribution in [1.82, 2.24) is 0 Å². The van der Waals surface area contributed by atoms with Crippen LogP contribution in [0.25, 0.3) is 0 Å². The van der Waals surface area contributed by atoms with Crippen LogP contribution in [0.1, 0.15) is 5.56 Å². The lowest BCUT2D eigenvalue weighted by molar-refractivity contribution is -0.142. The van der Waals surface area contributed by atoms with Crippen LogP contribution >= 0.6 is 12.4 Å². The summed E-state index contributed by atoms with van der Waals surface area (Å²) >= 11 is 0. The molecule has 0 radical (unpaired) electrons. The van der Waals surface area contributed by atoms with Crippen LogP contribution in [0.3, 0.4) is 0 Å². The number of ether oxygens (including phenoxy) is 3. The Labute approximate surface area is 170 Å². The lowest BCUT2D eigenvalue weighted by Crippen LogP contribution is -2.33. The van der Waals surface area contributed by atoms with Crippen LogP contribution in [-0.2, 0) is 16.0 Å². The number of nitrogens with two attached hydrogens (primary N) is 1. The number of benzene rings is 3. The zero-order chi connectivity index (χ0) is 19.1. The minimum atomic E-state index is -0.668. The summed E-state index contributed by atoms with van der Waals surface area (Å²) in [5, 5.41) is 0. The minimum Gasteiger partial charge on any atom is -0.468 e. The predicted molar refractivity (Wildman–Crippen MR) is 110 cm³/mol. The molecule has 1 atom stereocenters. The molecule has 0 bridgehead atoms. The van der Waals surface area contributed by atoms with E-state index >= 15 is 0 Å². The van der Waals surface area contributed by atoms with Gasteiger partial charge in [-0.2, -0.15) is 0 Å². The van der Waals surface area contributed by atoms with Gasteiger partial charge in [-0.3, -0.25) is 4.79 Å². The molecule has 3 aromatic carbocycles. The Morgan fingerprint density at radius 3 is 1.68 bits per heavy atom. The number of methoxy groups -OCH3 is 1. The van der Waals surface area contributed by atoms with E-state index in [1.165, 1.54) is 7.11 Å². The molecular formula is C22H22ClNO4. The van der Waals surface area contributed by atoms with Crippen LogP contribution in [0.5, 0.6) is 23.0 Å². The lowest BCUT2D eigenvalue weighted by Gasteiger charge is -2.11. The van der Waals surface area contributed by atoms with Gasteiger partial charge in [-0.25, -0.2) is 0 Å². The van der Waals surface area contributed by atoms with E-state index in [0.29, 0.717) is 17.9 Å². The summed E-state index contributed by atoms with van der Waals surface area (Å²) in [5.41, 5.74) is 6.71. The fraction of sp³-hybridized carbons (Fsp3) is 0.136. The highest BCUT2D eigenvalue weighted by Gasteiger charge is 2.14. The highest BCUT2D eigenvalue weighted by molar-refractivity contribution is 5.85. The second-order valence-corrected chi connectivity index (χ2v) is 5.97. The van der Waals surface area contributed by atoms with Gasteiger partial charge in [0.25, 0.3) is 0 Å². The van der Waals surface area contributed by atoms with Crippen LogP contribution in [0, 0.1) is 0 Å². The van der Waals surface area contributed by atoms with Crippen LogP contribution < -0.4 is 15.2 Å². The first-order valence-electron chi connectivity index (χ1n) is 8.57. The molecule has 3 rings (SSSR count). The highest BCUT2D eigenvalue weighted by atomic mass is 35.5. The van der Waals surface area contributed by atoms with Gasteiger partial charge in [-0.1, -0.05) is 30.3 Å². The molecule has 0 fully saturated rings. The molecule has 0 saturated heterocycles. The van der Waals surface area contributed by atoms with Gasteiger partial charge in [0.05, 0.1) is 7.11 Å². The Morgan fingerprint density at radius 2 is 1.21 bits per heavy atom. The van der Waals surface area contributed by atoms with E-state index in [-0.39, 0.29) is 12.4 Å². The van der Waals surface area contributed by atoms with E-state index < -0.39 is 12.0 Å². The summed E-state index contributed by atoms with van der Waals surface area (Å²) in [6, 6.07) is 23.8. The number of carbonyl (C=O) groups excluding carboxylic acids is 1. The summed E-state index contributed by atoms with van der Waals surface area (Å²) in [4.78, 5) is 11.4. The average Bonchev–Trinajstić information content (AvgIpc) is 2.71. The van der Waals surface area contributed by atoms with E-state index in [1.54, 1.807) is 0 Å². The molecule has 3 aromatic rings. The van der Waals surface area contributed by atoms with Crippen molar-refractivity contribution < 1.29 is 19.0 Å². The standard InChI is InChI=1S/C22H21NO4.ClH/c1-25-22(24)21(23)15-16-7-9-18(10-8-16)27-20-13-11-19(12-14-20)26-17-5-3-2-4-6-17;/h2-14,21H,15,23H2,1H3;1H. The third kappa shape index (κ3) is 6.01. The lowest BCUT2D eigenvalue weighted by atomic mass is 10.1. The van der Waals surface area contributed by atoms with Crippen molar-refractivity contribution in [2.75, 3.05) is 7.11 Å². The molecular weight excluding hydrogens is 378 g/mol. The van der Waals surface area contributed by atoms with Crippen LogP contribution in [0.2, 0.25) is 0 Å². The summed E-state index contributed by atoms with van der Waals surface area (Å²) in [6.45, 7) is 0. The van der Waals surface area contributed by atoms with E-state index in [0.717, 1.165) is 17.1 Å². The zero-order valence-corrected chi connectivity index (χ0v) is 16.2. The third-order valence-corrected chi connectivity index (χ3v) is 3.92. The van der Waals surface area contributed by atoms with E-state index in [1.807, 2.05) is 78.9 Å². The van der Waals surface area contributed by atoms with Crippen LogP contribution in [-0.4, -0.2) is 19.1 Å².